The summed E-state index contributed by atoms with van der Waals surface area (Å²) >= 11 is 0. The predicted octanol–water partition coefficient (Wildman–Crippen LogP) is 4.73. The van der Waals surface area contributed by atoms with Crippen LogP contribution < -0.4 is 15.1 Å². The molecule has 3 aromatic carbocycles. The normalized spacial score (nSPS) is 10.6. The largest absolute Gasteiger partial charge is 0.497 e. The average Bonchev–Trinajstić information content (AvgIpc) is 2.85. The van der Waals surface area contributed by atoms with Crippen molar-refractivity contribution in [2.45, 2.75) is 13.5 Å². The first kappa shape index (κ1) is 22.8. The zero-order valence-electron chi connectivity index (χ0n) is 18.7. The van der Waals surface area contributed by atoms with E-state index in [0.29, 0.717) is 28.2 Å². The number of carbonyl (C=O) groups excluding carboxylic acids is 2. The number of aryl methyl sites for hydroxylation is 1. The molecule has 0 bridgehead atoms. The Morgan fingerprint density at radius 2 is 1.53 bits per heavy atom. The molecule has 0 amide bonds. The minimum Gasteiger partial charge on any atom is -0.497 e. The standard InChI is InChI=1S/C27H22O7/c1-17-13-26(29)34-25-14-22(11-12-23(17)25)32-15-18-3-5-20(6-4-18)27(30)33-16-24(28)19-7-9-21(31-2)10-8-19/h3-14H,15-16H2,1-2H3. The van der Waals surface area contributed by atoms with Crippen LogP contribution in [0.3, 0.4) is 0 Å². The van der Waals surface area contributed by atoms with Gasteiger partial charge in [-0.25, -0.2) is 9.59 Å². The van der Waals surface area contributed by atoms with E-state index in [0.717, 1.165) is 16.5 Å². The summed E-state index contributed by atoms with van der Waals surface area (Å²) < 4.78 is 21.2. The molecule has 34 heavy (non-hydrogen) atoms. The molecule has 0 saturated heterocycles. The van der Waals surface area contributed by atoms with E-state index in [2.05, 4.69) is 0 Å². The Morgan fingerprint density at radius 3 is 2.24 bits per heavy atom. The number of carbonyl (C=O) groups is 2. The van der Waals surface area contributed by atoms with Gasteiger partial charge in [-0.3, -0.25) is 4.79 Å². The molecule has 0 spiro atoms. The highest BCUT2D eigenvalue weighted by Crippen LogP contribution is 2.23. The van der Waals surface area contributed by atoms with Gasteiger partial charge in [0.15, 0.2) is 12.4 Å². The molecule has 4 aromatic rings. The number of ketones is 1. The summed E-state index contributed by atoms with van der Waals surface area (Å²) in [5.74, 6) is 0.304. The van der Waals surface area contributed by atoms with E-state index in [4.69, 9.17) is 18.6 Å². The smallest absolute Gasteiger partial charge is 0.338 e. The minimum atomic E-state index is -0.589. The molecule has 0 atom stereocenters. The Bertz CT molecular complexity index is 1380. The summed E-state index contributed by atoms with van der Waals surface area (Å²) in [7, 11) is 1.54. The van der Waals surface area contributed by atoms with Gasteiger partial charge in [-0.1, -0.05) is 12.1 Å². The van der Waals surface area contributed by atoms with Crippen LogP contribution in [0.5, 0.6) is 11.5 Å². The van der Waals surface area contributed by atoms with Crippen LogP contribution in [0.15, 0.2) is 82.0 Å². The molecule has 0 aliphatic rings. The molecular formula is C27H22O7. The van der Waals surface area contributed by atoms with Gasteiger partial charge in [0.2, 0.25) is 0 Å². The van der Waals surface area contributed by atoms with Gasteiger partial charge in [0.1, 0.15) is 23.7 Å². The fraction of sp³-hybridized carbons (Fsp3) is 0.148. The van der Waals surface area contributed by atoms with Gasteiger partial charge in [-0.05, 0) is 66.6 Å². The number of ether oxygens (including phenoxy) is 3. The van der Waals surface area contributed by atoms with Crippen molar-refractivity contribution < 1.29 is 28.2 Å². The molecule has 0 aliphatic heterocycles. The molecule has 1 aromatic heterocycles. The maximum absolute atomic E-state index is 12.3. The van der Waals surface area contributed by atoms with Crippen molar-refractivity contribution in [3.8, 4) is 11.5 Å². The van der Waals surface area contributed by atoms with Crippen molar-refractivity contribution in [1.29, 1.82) is 0 Å². The van der Waals surface area contributed by atoms with Crippen molar-refractivity contribution in [3.05, 3.63) is 105 Å². The lowest BCUT2D eigenvalue weighted by Crippen LogP contribution is -2.14. The summed E-state index contributed by atoms with van der Waals surface area (Å²) in [5, 5.41) is 0.847. The maximum Gasteiger partial charge on any atom is 0.338 e. The van der Waals surface area contributed by atoms with Gasteiger partial charge in [-0.15, -0.1) is 0 Å². The second-order valence-electron chi connectivity index (χ2n) is 7.62. The summed E-state index contributed by atoms with van der Waals surface area (Å²) in [5.41, 5.74) is 2.49. The van der Waals surface area contributed by atoms with Crippen molar-refractivity contribution in [2.24, 2.45) is 0 Å². The lowest BCUT2D eigenvalue weighted by Gasteiger charge is -2.09. The Labute approximate surface area is 195 Å². The Morgan fingerprint density at radius 1 is 0.853 bits per heavy atom. The van der Waals surface area contributed by atoms with Crippen molar-refractivity contribution in [3.63, 3.8) is 0 Å². The zero-order chi connectivity index (χ0) is 24.1. The molecule has 7 heteroatoms. The number of benzene rings is 3. The first-order valence-corrected chi connectivity index (χ1v) is 10.5. The Hall–Kier alpha value is -4.39. The van der Waals surface area contributed by atoms with E-state index < -0.39 is 11.6 Å². The highest BCUT2D eigenvalue weighted by molar-refractivity contribution is 5.99. The number of Topliss-reactive ketones (excluding diaryl/α,β-unsaturated/α-hetero) is 1. The first-order chi connectivity index (χ1) is 16.4. The first-order valence-electron chi connectivity index (χ1n) is 10.5. The summed E-state index contributed by atoms with van der Waals surface area (Å²) in [6.45, 7) is 1.75. The van der Waals surface area contributed by atoms with Crippen molar-refractivity contribution in [2.75, 3.05) is 13.7 Å². The monoisotopic (exact) mass is 458 g/mol. The van der Waals surface area contributed by atoms with Crippen LogP contribution in [-0.2, 0) is 11.3 Å². The molecule has 0 fully saturated rings. The van der Waals surface area contributed by atoms with Crippen LogP contribution in [0.4, 0.5) is 0 Å². The average molecular weight is 458 g/mol. The van der Waals surface area contributed by atoms with E-state index in [-0.39, 0.29) is 19.0 Å². The van der Waals surface area contributed by atoms with Crippen molar-refractivity contribution >= 4 is 22.7 Å². The Balaban J connectivity index is 1.32. The highest BCUT2D eigenvalue weighted by Gasteiger charge is 2.12. The SMILES string of the molecule is COc1ccc(C(=O)COC(=O)c2ccc(COc3ccc4c(C)cc(=O)oc4c3)cc2)cc1. The summed E-state index contributed by atoms with van der Waals surface area (Å²) in [4.78, 5) is 36.1. The molecule has 0 N–H and O–H groups in total. The van der Waals surface area contributed by atoms with E-state index >= 15 is 0 Å². The van der Waals surface area contributed by atoms with Crippen LogP contribution in [0, 0.1) is 6.92 Å². The predicted molar refractivity (Wildman–Crippen MR) is 126 cm³/mol. The summed E-state index contributed by atoms with van der Waals surface area (Å²) in [6.07, 6.45) is 0. The second-order valence-corrected chi connectivity index (χ2v) is 7.62. The minimum absolute atomic E-state index is 0.257. The molecule has 7 nitrogen and oxygen atoms in total. The van der Waals surface area contributed by atoms with Crippen LogP contribution in [0.2, 0.25) is 0 Å². The van der Waals surface area contributed by atoms with Gasteiger partial charge >= 0.3 is 11.6 Å². The second kappa shape index (κ2) is 10.0. The molecule has 0 saturated carbocycles. The lowest BCUT2D eigenvalue weighted by atomic mass is 10.1. The lowest BCUT2D eigenvalue weighted by molar-refractivity contribution is 0.0474. The number of rotatable bonds is 8. The van der Waals surface area contributed by atoms with Crippen LogP contribution in [0.25, 0.3) is 11.0 Å². The van der Waals surface area contributed by atoms with Crippen LogP contribution in [-0.4, -0.2) is 25.5 Å². The van der Waals surface area contributed by atoms with E-state index in [1.165, 1.54) is 6.07 Å². The van der Waals surface area contributed by atoms with E-state index in [1.807, 2.05) is 13.0 Å². The zero-order valence-corrected chi connectivity index (χ0v) is 18.7. The maximum atomic E-state index is 12.3. The van der Waals surface area contributed by atoms with E-state index in [9.17, 15) is 14.4 Å². The Kier molecular flexibility index (Phi) is 6.73. The molecule has 0 unspecified atom stereocenters. The van der Waals surface area contributed by atoms with E-state index in [1.54, 1.807) is 67.8 Å². The number of methoxy groups -OCH3 is 1. The van der Waals surface area contributed by atoms with Crippen LogP contribution >= 0.6 is 0 Å². The molecule has 0 aliphatic carbocycles. The topological polar surface area (TPSA) is 92.0 Å². The fourth-order valence-corrected chi connectivity index (χ4v) is 3.37. The third-order valence-electron chi connectivity index (χ3n) is 5.26. The highest BCUT2D eigenvalue weighted by atomic mass is 16.5. The third kappa shape index (κ3) is 5.32. The van der Waals surface area contributed by atoms with Crippen molar-refractivity contribution in [1.82, 2.24) is 0 Å². The van der Waals surface area contributed by atoms with Crippen LogP contribution in [0.1, 0.15) is 31.8 Å². The summed E-state index contributed by atoms with van der Waals surface area (Å²) in [6, 6.07) is 20.1. The van der Waals surface area contributed by atoms with Gasteiger partial charge in [0.05, 0.1) is 12.7 Å². The fourth-order valence-electron chi connectivity index (χ4n) is 3.37. The van der Waals surface area contributed by atoms with Gasteiger partial charge in [0, 0.05) is 23.1 Å². The number of esters is 1. The quantitative estimate of drug-likeness (QED) is 0.214. The third-order valence-corrected chi connectivity index (χ3v) is 5.26. The number of hydrogen-bond donors (Lipinski definition) is 0. The van der Waals surface area contributed by atoms with Gasteiger partial charge in [-0.2, -0.15) is 0 Å². The number of fused-ring (bicyclic) bond motifs is 1. The molecule has 1 heterocycles. The van der Waals surface area contributed by atoms with Gasteiger partial charge in [0.25, 0.3) is 0 Å². The molecular weight excluding hydrogens is 436 g/mol. The molecule has 0 radical (unpaired) electrons. The molecule has 4 rings (SSSR count). The van der Waals surface area contributed by atoms with Gasteiger partial charge < -0.3 is 18.6 Å². The molecule has 172 valence electrons. The number of hydrogen-bond acceptors (Lipinski definition) is 7.